The van der Waals surface area contributed by atoms with E-state index in [9.17, 15) is 0 Å². The van der Waals surface area contributed by atoms with Crippen LogP contribution < -0.4 is 21.3 Å². The maximum absolute atomic E-state index is 3.69. The minimum Gasteiger partial charge on any atom is -0.317 e. The first-order chi connectivity index (χ1) is 22.0. The highest BCUT2D eigenvalue weighted by Gasteiger charge is 1.98. The van der Waals surface area contributed by atoms with Crippen LogP contribution >= 0.6 is 0 Å². The minimum absolute atomic E-state index is 1.23. The Morgan fingerprint density at radius 2 is 0.205 bits per heavy atom. The van der Waals surface area contributed by atoms with Gasteiger partial charge in [0.1, 0.15) is 0 Å². The van der Waals surface area contributed by atoms with Crippen molar-refractivity contribution < 1.29 is 0 Å². The first kappa shape index (κ1) is 41.9. The van der Waals surface area contributed by atoms with E-state index in [0.29, 0.717) is 0 Å². The zero-order valence-electron chi connectivity index (χ0n) is 30.3. The van der Waals surface area contributed by atoms with E-state index < -0.39 is 0 Å². The molecule has 0 unspecified atom stereocenters. The van der Waals surface area contributed by atoms with Gasteiger partial charge in [-0.05, 0) is 104 Å². The van der Waals surface area contributed by atoms with Crippen molar-refractivity contribution >= 4 is 0 Å². The predicted octanol–water partition coefficient (Wildman–Crippen LogP) is 10.8. The summed E-state index contributed by atoms with van der Waals surface area (Å²) in [6.45, 7) is 9.87. The van der Waals surface area contributed by atoms with Gasteiger partial charge in [0.25, 0.3) is 0 Å². The molecule has 0 aliphatic carbocycles. The largest absolute Gasteiger partial charge is 0.317 e. The lowest BCUT2D eigenvalue weighted by atomic mass is 10.1. The Labute approximate surface area is 278 Å². The second-order valence-corrected chi connectivity index (χ2v) is 14.3. The maximum Gasteiger partial charge on any atom is -0.00489 e. The minimum atomic E-state index is 1.23. The molecule has 4 nitrogen and oxygen atoms in total. The molecule has 4 N–H and O–H groups in total. The number of hydrogen-bond donors (Lipinski definition) is 4. The summed E-state index contributed by atoms with van der Waals surface area (Å²) in [5, 5.41) is 14.7. The van der Waals surface area contributed by atoms with Crippen LogP contribution in [0.15, 0.2) is 0 Å². The molecule has 0 spiro atoms. The fraction of sp³-hybridized carbons (Fsp3) is 1.00. The first-order valence-corrected chi connectivity index (χ1v) is 20.8. The molecule has 1 rings (SSSR count). The average molecular weight is 621 g/mol. The van der Waals surface area contributed by atoms with Gasteiger partial charge in [0.05, 0.1) is 0 Å². The summed E-state index contributed by atoms with van der Waals surface area (Å²) in [5.41, 5.74) is 0. The van der Waals surface area contributed by atoms with Crippen molar-refractivity contribution in [3.63, 3.8) is 0 Å². The molecule has 0 aromatic rings. The van der Waals surface area contributed by atoms with Crippen LogP contribution in [0.25, 0.3) is 0 Å². The second-order valence-electron chi connectivity index (χ2n) is 14.3. The highest BCUT2D eigenvalue weighted by Crippen LogP contribution is 2.11. The average Bonchev–Trinajstić information content (AvgIpc) is 3.03. The van der Waals surface area contributed by atoms with Crippen LogP contribution in [0.3, 0.4) is 0 Å². The molecule has 1 aliphatic heterocycles. The first-order valence-electron chi connectivity index (χ1n) is 20.8. The monoisotopic (exact) mass is 621 g/mol. The van der Waals surface area contributed by atoms with Gasteiger partial charge in [-0.25, -0.2) is 0 Å². The van der Waals surface area contributed by atoms with Gasteiger partial charge >= 0.3 is 0 Å². The topological polar surface area (TPSA) is 48.1 Å². The maximum atomic E-state index is 3.69. The van der Waals surface area contributed by atoms with Crippen molar-refractivity contribution in [1.82, 2.24) is 21.3 Å². The molecule has 0 amide bonds. The summed E-state index contributed by atoms with van der Waals surface area (Å²) in [5.74, 6) is 0. The summed E-state index contributed by atoms with van der Waals surface area (Å²) < 4.78 is 0. The van der Waals surface area contributed by atoms with Gasteiger partial charge in [0, 0.05) is 0 Å². The Morgan fingerprint density at radius 1 is 0.114 bits per heavy atom. The molecule has 1 fully saturated rings. The number of hydrogen-bond acceptors (Lipinski definition) is 4. The molecule has 1 heterocycles. The van der Waals surface area contributed by atoms with E-state index in [-0.39, 0.29) is 0 Å². The van der Waals surface area contributed by atoms with Crippen molar-refractivity contribution in [2.24, 2.45) is 0 Å². The van der Waals surface area contributed by atoms with Gasteiger partial charge in [-0.3, -0.25) is 0 Å². The Balaban J connectivity index is 2.00. The summed E-state index contributed by atoms with van der Waals surface area (Å²) >= 11 is 0. The smallest absolute Gasteiger partial charge is 0.00489 e. The van der Waals surface area contributed by atoms with Crippen molar-refractivity contribution in [3.05, 3.63) is 0 Å². The molecular weight excluding hydrogens is 536 g/mol. The summed E-state index contributed by atoms with van der Waals surface area (Å²) in [6, 6.07) is 0. The molecule has 1 aliphatic rings. The Kier molecular flexibility index (Phi) is 37.1. The van der Waals surface area contributed by atoms with Crippen LogP contribution in [0.1, 0.15) is 205 Å². The summed E-state index contributed by atoms with van der Waals surface area (Å²) in [7, 11) is 0. The fourth-order valence-corrected chi connectivity index (χ4v) is 6.74. The van der Waals surface area contributed by atoms with Crippen molar-refractivity contribution in [3.8, 4) is 0 Å². The lowest BCUT2D eigenvalue weighted by Crippen LogP contribution is -2.16. The van der Waals surface area contributed by atoms with Gasteiger partial charge in [-0.1, -0.05) is 154 Å². The van der Waals surface area contributed by atoms with Crippen LogP contribution in [0, 0.1) is 0 Å². The Hall–Kier alpha value is -0.160. The molecule has 0 aromatic heterocycles. The zero-order chi connectivity index (χ0) is 31.1. The van der Waals surface area contributed by atoms with Crippen LogP contribution in [-0.4, -0.2) is 52.4 Å². The molecule has 0 atom stereocenters. The molecule has 0 radical (unpaired) electrons. The number of nitrogens with one attached hydrogen (secondary N) is 4. The molecule has 1 saturated heterocycles. The molecule has 264 valence electrons. The lowest BCUT2D eigenvalue weighted by Gasteiger charge is -2.07. The van der Waals surface area contributed by atoms with Crippen molar-refractivity contribution in [2.75, 3.05) is 52.4 Å². The highest BCUT2D eigenvalue weighted by atomic mass is 14.9. The van der Waals surface area contributed by atoms with Gasteiger partial charge in [-0.2, -0.15) is 0 Å². The standard InChI is InChI=1S/C40H84N4/c1-2-10-18-26-34-42-36-28-20-12-5-6-14-22-30-38-44-40-32-24-16-8-7-15-23-31-39-43-37-29-21-13-4-3-11-19-27-35-41-33-25-17-9-1/h41-44H,1-40H2. The molecule has 0 aromatic carbocycles. The second kappa shape index (κ2) is 39.0. The predicted molar refractivity (Wildman–Crippen MR) is 199 cm³/mol. The van der Waals surface area contributed by atoms with Crippen LogP contribution in [-0.2, 0) is 0 Å². The van der Waals surface area contributed by atoms with E-state index in [0.717, 1.165) is 0 Å². The van der Waals surface area contributed by atoms with Crippen LogP contribution in [0.2, 0.25) is 0 Å². The summed E-state index contributed by atoms with van der Waals surface area (Å²) in [6.07, 6.45) is 45.4. The van der Waals surface area contributed by atoms with E-state index in [1.807, 2.05) is 0 Å². The van der Waals surface area contributed by atoms with Crippen LogP contribution in [0.5, 0.6) is 0 Å². The van der Waals surface area contributed by atoms with Crippen LogP contribution in [0.4, 0.5) is 0 Å². The number of rotatable bonds is 0. The fourth-order valence-electron chi connectivity index (χ4n) is 6.74. The normalized spacial score (nSPS) is 24.0. The van der Waals surface area contributed by atoms with E-state index in [2.05, 4.69) is 21.3 Å². The molecule has 0 bridgehead atoms. The lowest BCUT2D eigenvalue weighted by molar-refractivity contribution is 0.513. The third-order valence-electron chi connectivity index (χ3n) is 9.83. The van der Waals surface area contributed by atoms with Crippen molar-refractivity contribution in [1.29, 1.82) is 0 Å². The molecule has 44 heavy (non-hydrogen) atoms. The molecule has 0 saturated carbocycles. The van der Waals surface area contributed by atoms with E-state index in [1.165, 1.54) is 258 Å². The van der Waals surface area contributed by atoms with Gasteiger partial charge < -0.3 is 21.3 Å². The van der Waals surface area contributed by atoms with Gasteiger partial charge in [0.15, 0.2) is 0 Å². The molecular formula is C40H84N4. The van der Waals surface area contributed by atoms with E-state index in [4.69, 9.17) is 0 Å². The van der Waals surface area contributed by atoms with E-state index in [1.54, 1.807) is 0 Å². The van der Waals surface area contributed by atoms with Crippen molar-refractivity contribution in [2.45, 2.75) is 205 Å². The molecule has 4 heteroatoms. The SMILES string of the molecule is C1CCCCCNCCCCCCCCCCNCCCCCCCCCCNCCCCCCCCCCNCCCC1. The Bertz CT molecular complexity index is 260. The Morgan fingerprint density at radius 3 is 0.318 bits per heavy atom. The summed E-state index contributed by atoms with van der Waals surface area (Å²) in [4.78, 5) is 0. The van der Waals surface area contributed by atoms with Gasteiger partial charge in [-0.15, -0.1) is 0 Å². The van der Waals surface area contributed by atoms with E-state index >= 15 is 0 Å². The van der Waals surface area contributed by atoms with Gasteiger partial charge in [0.2, 0.25) is 0 Å². The third-order valence-corrected chi connectivity index (χ3v) is 9.83. The highest BCUT2D eigenvalue weighted by molar-refractivity contribution is 4.57. The quantitative estimate of drug-likeness (QED) is 0.218. The third kappa shape index (κ3) is 36.3. The zero-order valence-corrected chi connectivity index (χ0v) is 30.3.